The minimum Gasteiger partial charge on any atom is -0.491 e. The zero-order chi connectivity index (χ0) is 15.6. The lowest BCUT2D eigenvalue weighted by atomic mass is 10.2. The smallest absolute Gasteiger partial charge is 0.334 e. The molecule has 0 saturated heterocycles. The first-order chi connectivity index (χ1) is 9.93. The fourth-order valence-corrected chi connectivity index (χ4v) is 3.51. The molecule has 1 aromatic carbocycles. The van der Waals surface area contributed by atoms with Crippen LogP contribution >= 0.6 is 11.9 Å². The molecule has 2 amide bonds. The van der Waals surface area contributed by atoms with E-state index < -0.39 is 0 Å². The van der Waals surface area contributed by atoms with Crippen LogP contribution in [-0.4, -0.2) is 29.5 Å². The molecule has 1 heterocycles. The van der Waals surface area contributed by atoms with Crippen molar-refractivity contribution in [2.24, 2.45) is 0 Å². The minimum absolute atomic E-state index is 0.0372. The summed E-state index contributed by atoms with van der Waals surface area (Å²) in [6.45, 7) is 8.24. The van der Waals surface area contributed by atoms with E-state index in [4.69, 9.17) is 4.74 Å². The third-order valence-electron chi connectivity index (χ3n) is 3.44. The number of ether oxygens (including phenoxy) is 1. The van der Waals surface area contributed by atoms with Crippen molar-refractivity contribution in [3.8, 4) is 5.75 Å². The summed E-state index contributed by atoms with van der Waals surface area (Å²) in [6.07, 6.45) is 2.21. The lowest BCUT2D eigenvalue weighted by Gasteiger charge is -2.37. The first-order valence-corrected chi connectivity index (χ1v) is 8.27. The highest BCUT2D eigenvalue weighted by Crippen LogP contribution is 2.41. The van der Waals surface area contributed by atoms with Gasteiger partial charge in [-0.15, -0.1) is 0 Å². The van der Waals surface area contributed by atoms with E-state index in [-0.39, 0.29) is 18.2 Å². The molecule has 0 aliphatic carbocycles. The average Bonchev–Trinajstić information content (AvgIpc) is 2.43. The van der Waals surface area contributed by atoms with Gasteiger partial charge >= 0.3 is 6.03 Å². The Hall–Kier alpha value is -1.36. The number of nitrogens with zero attached hydrogens (tertiary/aromatic N) is 2. The Bertz CT molecular complexity index is 519. The molecule has 0 fully saturated rings. The number of hydrogen-bond acceptors (Lipinski definition) is 3. The van der Waals surface area contributed by atoms with Gasteiger partial charge in [0, 0.05) is 19.2 Å². The van der Waals surface area contributed by atoms with Crippen LogP contribution in [0.4, 0.5) is 10.5 Å². The Morgan fingerprint density at radius 3 is 2.62 bits per heavy atom. The molecule has 0 spiro atoms. The largest absolute Gasteiger partial charge is 0.491 e. The molecule has 0 radical (unpaired) electrons. The van der Waals surface area contributed by atoms with Gasteiger partial charge in [-0.25, -0.2) is 4.79 Å². The molecule has 116 valence electrons. The maximum atomic E-state index is 12.5. The van der Waals surface area contributed by atoms with Gasteiger partial charge in [-0.3, -0.25) is 9.21 Å². The second-order valence-corrected chi connectivity index (χ2v) is 6.71. The second kappa shape index (κ2) is 6.60. The van der Waals surface area contributed by atoms with Crippen LogP contribution in [0.2, 0.25) is 0 Å². The maximum Gasteiger partial charge on any atom is 0.334 e. The number of urea groups is 1. The molecule has 2 rings (SSSR count). The van der Waals surface area contributed by atoms with Crippen molar-refractivity contribution in [2.45, 2.75) is 57.6 Å². The number of rotatable bonds is 5. The van der Waals surface area contributed by atoms with E-state index in [1.807, 2.05) is 43.4 Å². The number of anilines is 1. The summed E-state index contributed by atoms with van der Waals surface area (Å²) >= 11 is 1.53. The van der Waals surface area contributed by atoms with Crippen molar-refractivity contribution in [3.05, 3.63) is 18.2 Å². The Kier molecular flexibility index (Phi) is 5.04. The maximum absolute atomic E-state index is 12.5. The standard InChI is InChI=1S/C16H24N2O2S/c1-6-7-12(4)18-16(19)17(5)14-10-13(20-11(2)3)8-9-15(14)21-18/h8-12H,6-7H2,1-5H3. The van der Waals surface area contributed by atoms with Crippen LogP contribution in [0.15, 0.2) is 23.1 Å². The normalized spacial score (nSPS) is 16.2. The van der Waals surface area contributed by atoms with Crippen LogP contribution in [-0.2, 0) is 0 Å². The van der Waals surface area contributed by atoms with Crippen molar-refractivity contribution in [3.63, 3.8) is 0 Å². The Balaban J connectivity index is 2.26. The fourth-order valence-electron chi connectivity index (χ4n) is 2.39. The van der Waals surface area contributed by atoms with Crippen molar-refractivity contribution >= 4 is 23.7 Å². The summed E-state index contributed by atoms with van der Waals surface area (Å²) in [5.74, 6) is 0.805. The monoisotopic (exact) mass is 308 g/mol. The number of carbonyl (C=O) groups is 1. The van der Waals surface area contributed by atoms with Crippen molar-refractivity contribution in [1.82, 2.24) is 4.31 Å². The molecule has 1 aliphatic rings. The van der Waals surface area contributed by atoms with E-state index >= 15 is 0 Å². The molecule has 0 aromatic heterocycles. The first-order valence-electron chi connectivity index (χ1n) is 7.49. The molecular formula is C16H24N2O2S. The topological polar surface area (TPSA) is 32.8 Å². The third-order valence-corrected chi connectivity index (χ3v) is 4.70. The number of benzene rings is 1. The van der Waals surface area contributed by atoms with Crippen LogP contribution in [0.5, 0.6) is 5.75 Å². The van der Waals surface area contributed by atoms with Gasteiger partial charge in [0.05, 0.1) is 16.7 Å². The number of hydrogen-bond donors (Lipinski definition) is 0. The summed E-state index contributed by atoms with van der Waals surface area (Å²) in [5, 5.41) is 0. The predicted molar refractivity (Wildman–Crippen MR) is 88.1 cm³/mol. The van der Waals surface area contributed by atoms with Gasteiger partial charge in [-0.2, -0.15) is 0 Å². The van der Waals surface area contributed by atoms with E-state index in [2.05, 4.69) is 13.8 Å². The summed E-state index contributed by atoms with van der Waals surface area (Å²) in [6, 6.07) is 6.22. The molecule has 1 atom stereocenters. The van der Waals surface area contributed by atoms with Crippen molar-refractivity contribution in [2.75, 3.05) is 11.9 Å². The van der Waals surface area contributed by atoms with Gasteiger partial charge in [0.1, 0.15) is 5.75 Å². The molecule has 0 bridgehead atoms. The van der Waals surface area contributed by atoms with E-state index in [0.717, 1.165) is 29.2 Å². The van der Waals surface area contributed by atoms with Gasteiger partial charge < -0.3 is 4.74 Å². The van der Waals surface area contributed by atoms with E-state index in [1.165, 1.54) is 11.9 Å². The summed E-state index contributed by atoms with van der Waals surface area (Å²) in [7, 11) is 1.83. The predicted octanol–water partition coefficient (Wildman–Crippen LogP) is 4.54. The molecule has 0 saturated carbocycles. The number of amides is 2. The van der Waals surface area contributed by atoms with Crippen LogP contribution in [0.1, 0.15) is 40.5 Å². The summed E-state index contributed by atoms with van der Waals surface area (Å²) in [4.78, 5) is 15.3. The van der Waals surface area contributed by atoms with Crippen LogP contribution in [0, 0.1) is 0 Å². The van der Waals surface area contributed by atoms with Gasteiger partial charge in [0.2, 0.25) is 0 Å². The van der Waals surface area contributed by atoms with Crippen LogP contribution in [0.3, 0.4) is 0 Å². The third kappa shape index (κ3) is 3.46. The highest BCUT2D eigenvalue weighted by Gasteiger charge is 2.32. The lowest BCUT2D eigenvalue weighted by Crippen LogP contribution is -2.44. The minimum atomic E-state index is 0.0372. The molecule has 4 nitrogen and oxygen atoms in total. The van der Waals surface area contributed by atoms with E-state index in [1.54, 1.807) is 4.90 Å². The zero-order valence-electron chi connectivity index (χ0n) is 13.4. The van der Waals surface area contributed by atoms with Crippen molar-refractivity contribution in [1.29, 1.82) is 0 Å². The Morgan fingerprint density at radius 2 is 2.00 bits per heavy atom. The Morgan fingerprint density at radius 1 is 1.29 bits per heavy atom. The summed E-state index contributed by atoms with van der Waals surface area (Å²) < 4.78 is 7.59. The van der Waals surface area contributed by atoms with Crippen LogP contribution < -0.4 is 9.64 Å². The molecule has 1 aliphatic heterocycles. The average molecular weight is 308 g/mol. The van der Waals surface area contributed by atoms with E-state index in [9.17, 15) is 4.79 Å². The highest BCUT2D eigenvalue weighted by molar-refractivity contribution is 7.97. The van der Waals surface area contributed by atoms with Gasteiger partial charge in [-0.1, -0.05) is 13.3 Å². The van der Waals surface area contributed by atoms with Crippen molar-refractivity contribution < 1.29 is 9.53 Å². The second-order valence-electron chi connectivity index (χ2n) is 5.69. The molecule has 1 aromatic rings. The SMILES string of the molecule is CCCC(C)N1Sc2ccc(OC(C)C)cc2N(C)C1=O. The fraction of sp³-hybridized carbons (Fsp3) is 0.562. The molecule has 1 unspecified atom stereocenters. The molecule has 21 heavy (non-hydrogen) atoms. The van der Waals surface area contributed by atoms with Gasteiger partial charge in [-0.05, 0) is 51.3 Å². The highest BCUT2D eigenvalue weighted by atomic mass is 32.2. The summed E-state index contributed by atoms with van der Waals surface area (Å²) in [5.41, 5.74) is 0.920. The number of fused-ring (bicyclic) bond motifs is 1. The molecular weight excluding hydrogens is 284 g/mol. The van der Waals surface area contributed by atoms with E-state index in [0.29, 0.717) is 0 Å². The molecule has 0 N–H and O–H groups in total. The van der Waals surface area contributed by atoms with Crippen LogP contribution in [0.25, 0.3) is 0 Å². The Labute approximate surface area is 131 Å². The lowest BCUT2D eigenvalue weighted by molar-refractivity contribution is 0.222. The van der Waals surface area contributed by atoms with Gasteiger partial charge in [0.25, 0.3) is 0 Å². The zero-order valence-corrected chi connectivity index (χ0v) is 14.2. The molecule has 5 heteroatoms. The number of carbonyl (C=O) groups excluding carboxylic acids is 1. The van der Waals surface area contributed by atoms with Gasteiger partial charge in [0.15, 0.2) is 0 Å². The first kappa shape index (κ1) is 16.0. The quantitative estimate of drug-likeness (QED) is 0.749.